The van der Waals surface area contributed by atoms with Crippen LogP contribution in [0.15, 0.2) is 36.8 Å². The third-order valence-corrected chi connectivity index (χ3v) is 7.00. The number of halogens is 3. The van der Waals surface area contributed by atoms with Crippen LogP contribution in [-0.4, -0.2) is 65.3 Å². The van der Waals surface area contributed by atoms with Gasteiger partial charge >= 0.3 is 12.2 Å². The molecule has 0 bridgehead atoms. The van der Waals surface area contributed by atoms with Crippen molar-refractivity contribution in [1.82, 2.24) is 19.4 Å². The van der Waals surface area contributed by atoms with Gasteiger partial charge < -0.3 is 19.1 Å². The number of benzene rings is 1. The van der Waals surface area contributed by atoms with E-state index in [2.05, 4.69) is 11.1 Å². The summed E-state index contributed by atoms with van der Waals surface area (Å²) in [5.74, 6) is -0.176. The average molecular weight is 490 g/mol. The number of alkyl halides is 3. The largest absolute Gasteiger partial charge is 0.416 e. The summed E-state index contributed by atoms with van der Waals surface area (Å²) in [5, 5.41) is 9.16. The van der Waals surface area contributed by atoms with Crippen LogP contribution in [0.3, 0.4) is 0 Å². The number of amides is 2. The van der Waals surface area contributed by atoms with Crippen LogP contribution in [0.25, 0.3) is 0 Å². The molecule has 1 aromatic heterocycles. The molecular formula is C25H30F3N5O2. The highest BCUT2D eigenvalue weighted by atomic mass is 19.4. The molecule has 0 radical (unpaired) electrons. The first-order valence-electron chi connectivity index (χ1n) is 11.9. The molecule has 2 fully saturated rings. The Morgan fingerprint density at radius 2 is 1.83 bits per heavy atom. The molecule has 0 N–H and O–H groups in total. The summed E-state index contributed by atoms with van der Waals surface area (Å²) in [7, 11) is 1.64. The maximum atomic E-state index is 13.4. The van der Waals surface area contributed by atoms with E-state index in [4.69, 9.17) is 10.00 Å². The Hall–Kier alpha value is -3.06. The number of carbonyl (C=O) groups is 1. The van der Waals surface area contributed by atoms with Crippen molar-refractivity contribution in [3.05, 3.63) is 53.6 Å². The minimum Gasteiger partial charge on any atom is -0.383 e. The van der Waals surface area contributed by atoms with E-state index in [1.807, 2.05) is 10.8 Å². The monoisotopic (exact) mass is 489 g/mol. The van der Waals surface area contributed by atoms with Gasteiger partial charge in [-0.05, 0) is 37.0 Å². The maximum Gasteiger partial charge on any atom is 0.416 e. The molecule has 2 unspecified atom stereocenters. The summed E-state index contributed by atoms with van der Waals surface area (Å²) >= 11 is 0. The molecular weight excluding hydrogens is 459 g/mol. The highest BCUT2D eigenvalue weighted by Gasteiger charge is 2.36. The number of imidazole rings is 1. The Bertz CT molecular complexity index is 1040. The van der Waals surface area contributed by atoms with Gasteiger partial charge in [0.2, 0.25) is 0 Å². The van der Waals surface area contributed by atoms with Gasteiger partial charge in [0.05, 0.1) is 30.3 Å². The highest BCUT2D eigenvalue weighted by Crippen LogP contribution is 2.37. The standard InChI is InChI=1S/C25H30F3N5O2/c1-35-11-10-31-16-23(30-17-31)21-12-20(19-2-4-22(5-3-19)25(26,27)28)14-33(15-21)24(34)32-8-6-18(13-29)7-9-32/h2-5,16-18,20-21H,6-12,14-15H2,1H3. The Morgan fingerprint density at radius 1 is 1.14 bits per heavy atom. The number of ether oxygens (including phenoxy) is 1. The number of likely N-dealkylation sites (tertiary alicyclic amines) is 2. The second-order valence-electron chi connectivity index (χ2n) is 9.36. The molecule has 188 valence electrons. The zero-order chi connectivity index (χ0) is 25.0. The molecule has 1 aromatic carbocycles. The molecule has 4 rings (SSSR count). The molecule has 35 heavy (non-hydrogen) atoms. The Balaban J connectivity index is 1.55. The van der Waals surface area contributed by atoms with Crippen LogP contribution in [0.5, 0.6) is 0 Å². The third kappa shape index (κ3) is 5.96. The van der Waals surface area contributed by atoms with E-state index in [0.29, 0.717) is 58.6 Å². The van der Waals surface area contributed by atoms with Gasteiger partial charge in [-0.25, -0.2) is 9.78 Å². The van der Waals surface area contributed by atoms with E-state index < -0.39 is 11.7 Å². The van der Waals surface area contributed by atoms with Crippen LogP contribution in [-0.2, 0) is 17.5 Å². The van der Waals surface area contributed by atoms with E-state index >= 15 is 0 Å². The Kier molecular flexibility index (Phi) is 7.65. The van der Waals surface area contributed by atoms with Crippen LogP contribution >= 0.6 is 0 Å². The van der Waals surface area contributed by atoms with Gasteiger partial charge in [-0.2, -0.15) is 18.4 Å². The number of aromatic nitrogens is 2. The molecule has 2 saturated heterocycles. The second-order valence-corrected chi connectivity index (χ2v) is 9.36. The van der Waals surface area contributed by atoms with Crippen LogP contribution in [0.1, 0.15) is 47.9 Å². The first-order chi connectivity index (χ1) is 16.8. The SMILES string of the molecule is COCCn1cnc(C2CC(c3ccc(C(F)(F)F)cc3)CN(C(=O)N3CCC(C#N)CC3)C2)c1. The van der Waals surface area contributed by atoms with Crippen molar-refractivity contribution in [2.45, 2.75) is 43.8 Å². The first kappa shape index (κ1) is 25.0. The summed E-state index contributed by atoms with van der Waals surface area (Å²) < 4.78 is 46.3. The van der Waals surface area contributed by atoms with Crippen molar-refractivity contribution in [3.8, 4) is 6.07 Å². The maximum absolute atomic E-state index is 13.4. The fourth-order valence-corrected chi connectivity index (χ4v) is 4.96. The van der Waals surface area contributed by atoms with Gasteiger partial charge in [-0.1, -0.05) is 12.1 Å². The van der Waals surface area contributed by atoms with E-state index in [1.165, 1.54) is 12.1 Å². The normalized spacial score (nSPS) is 21.7. The minimum atomic E-state index is -4.39. The number of nitriles is 1. The third-order valence-electron chi connectivity index (χ3n) is 7.00. The van der Waals surface area contributed by atoms with Crippen LogP contribution in [0.2, 0.25) is 0 Å². The number of hydrogen-bond donors (Lipinski definition) is 0. The van der Waals surface area contributed by atoms with Gasteiger partial charge in [-0.15, -0.1) is 0 Å². The lowest BCUT2D eigenvalue weighted by molar-refractivity contribution is -0.137. The van der Waals surface area contributed by atoms with Gasteiger partial charge in [0.1, 0.15) is 0 Å². The van der Waals surface area contributed by atoms with Crippen molar-refractivity contribution in [2.75, 3.05) is 39.9 Å². The molecule has 3 heterocycles. The predicted molar refractivity (Wildman–Crippen MR) is 123 cm³/mol. The molecule has 2 aliphatic rings. The van der Waals surface area contributed by atoms with Crippen LogP contribution in [0.4, 0.5) is 18.0 Å². The molecule has 0 spiro atoms. The van der Waals surface area contributed by atoms with Gasteiger partial charge in [0, 0.05) is 63.8 Å². The quantitative estimate of drug-likeness (QED) is 0.621. The molecule has 2 aromatic rings. The zero-order valence-corrected chi connectivity index (χ0v) is 19.7. The molecule has 2 amide bonds. The second kappa shape index (κ2) is 10.7. The summed E-state index contributed by atoms with van der Waals surface area (Å²) in [4.78, 5) is 21.6. The molecule has 10 heteroatoms. The number of methoxy groups -OCH3 is 1. The van der Waals surface area contributed by atoms with E-state index in [-0.39, 0.29) is 23.8 Å². The van der Waals surface area contributed by atoms with E-state index in [0.717, 1.165) is 23.4 Å². The average Bonchev–Trinajstić information content (AvgIpc) is 3.35. The van der Waals surface area contributed by atoms with Crippen LogP contribution < -0.4 is 0 Å². The Morgan fingerprint density at radius 3 is 2.46 bits per heavy atom. The Labute approximate surface area is 203 Å². The predicted octanol–water partition coefficient (Wildman–Crippen LogP) is 4.48. The lowest BCUT2D eigenvalue weighted by atomic mass is 9.83. The van der Waals surface area contributed by atoms with Crippen molar-refractivity contribution in [2.24, 2.45) is 5.92 Å². The number of hydrogen-bond acceptors (Lipinski definition) is 4. The van der Waals surface area contributed by atoms with Crippen molar-refractivity contribution < 1.29 is 22.7 Å². The highest BCUT2D eigenvalue weighted by molar-refractivity contribution is 5.75. The molecule has 0 saturated carbocycles. The smallest absolute Gasteiger partial charge is 0.383 e. The molecule has 2 atom stereocenters. The first-order valence-corrected chi connectivity index (χ1v) is 11.9. The molecule has 7 nitrogen and oxygen atoms in total. The van der Waals surface area contributed by atoms with Crippen molar-refractivity contribution in [3.63, 3.8) is 0 Å². The zero-order valence-electron chi connectivity index (χ0n) is 19.7. The van der Waals surface area contributed by atoms with E-state index in [1.54, 1.807) is 23.2 Å². The topological polar surface area (TPSA) is 74.4 Å². The van der Waals surface area contributed by atoms with Gasteiger partial charge in [0.25, 0.3) is 0 Å². The molecule has 2 aliphatic heterocycles. The van der Waals surface area contributed by atoms with Crippen molar-refractivity contribution in [1.29, 1.82) is 5.26 Å². The number of piperidine rings is 2. The van der Waals surface area contributed by atoms with Gasteiger partial charge in [0.15, 0.2) is 0 Å². The van der Waals surface area contributed by atoms with Crippen molar-refractivity contribution >= 4 is 6.03 Å². The van der Waals surface area contributed by atoms with E-state index in [9.17, 15) is 18.0 Å². The number of urea groups is 1. The number of carbonyl (C=O) groups excluding carboxylic acids is 1. The lowest BCUT2D eigenvalue weighted by Crippen LogP contribution is -2.51. The minimum absolute atomic E-state index is 0.0240. The summed E-state index contributed by atoms with van der Waals surface area (Å²) in [6, 6.07) is 7.46. The summed E-state index contributed by atoms with van der Waals surface area (Å²) in [6.07, 6.45) is 1.32. The fraction of sp³-hybridized carbons (Fsp3) is 0.560. The van der Waals surface area contributed by atoms with Crippen LogP contribution in [0, 0.1) is 17.2 Å². The number of rotatable bonds is 5. The molecule has 0 aliphatic carbocycles. The van der Waals surface area contributed by atoms with Gasteiger partial charge in [-0.3, -0.25) is 0 Å². The fourth-order valence-electron chi connectivity index (χ4n) is 4.96. The summed E-state index contributed by atoms with van der Waals surface area (Å²) in [6.45, 7) is 3.22. The summed E-state index contributed by atoms with van der Waals surface area (Å²) in [5.41, 5.74) is 0.958. The number of nitrogens with zero attached hydrogens (tertiary/aromatic N) is 5. The lowest BCUT2D eigenvalue weighted by Gasteiger charge is -2.41.